The molecular formula is C24H34N4O2. The van der Waals surface area contributed by atoms with Gasteiger partial charge in [0.15, 0.2) is 5.96 Å². The number of benzene rings is 2. The fraction of sp³-hybridized carbons (Fsp3) is 0.417. The van der Waals surface area contributed by atoms with Crippen LogP contribution in [0.2, 0.25) is 0 Å². The Labute approximate surface area is 179 Å². The minimum atomic E-state index is -1.03. The van der Waals surface area contributed by atoms with E-state index in [9.17, 15) is 9.90 Å². The van der Waals surface area contributed by atoms with E-state index in [-0.39, 0.29) is 11.4 Å². The van der Waals surface area contributed by atoms with Gasteiger partial charge in [-0.25, -0.2) is 4.99 Å². The topological polar surface area (TPSA) is 85.8 Å². The van der Waals surface area contributed by atoms with Crippen LogP contribution in [-0.2, 0) is 12.1 Å². The van der Waals surface area contributed by atoms with Crippen LogP contribution in [0, 0.1) is 0 Å². The molecule has 0 radical (unpaired) electrons. The number of rotatable bonds is 7. The lowest BCUT2D eigenvalue weighted by atomic mass is 9.96. The van der Waals surface area contributed by atoms with Crippen LogP contribution >= 0.6 is 0 Å². The minimum absolute atomic E-state index is 0.0998. The predicted octanol–water partition coefficient (Wildman–Crippen LogP) is 3.18. The number of nitrogens with zero attached hydrogens (tertiary/aromatic N) is 1. The van der Waals surface area contributed by atoms with Crippen molar-refractivity contribution < 1.29 is 9.90 Å². The van der Waals surface area contributed by atoms with Gasteiger partial charge in [0.25, 0.3) is 5.91 Å². The fourth-order valence-corrected chi connectivity index (χ4v) is 2.89. The molecule has 4 N–H and O–H groups in total. The van der Waals surface area contributed by atoms with Crippen LogP contribution in [0.3, 0.4) is 0 Å². The van der Waals surface area contributed by atoms with E-state index < -0.39 is 5.60 Å². The standard InChI is InChI=1S/C24H34N4O2/c1-6-25-22(27-17-24(5,30)20-13-8-7-9-14-20)26-16-18-11-10-12-19(15-18)21(29)28-23(2,3)4/h7-15,30H,6,16-17H2,1-5H3,(H,28,29)(H2,25,26,27). The van der Waals surface area contributed by atoms with E-state index in [0.717, 1.165) is 11.1 Å². The SMILES string of the molecule is CCNC(=NCc1cccc(C(=O)NC(C)(C)C)c1)NCC(C)(O)c1ccccc1. The highest BCUT2D eigenvalue weighted by Crippen LogP contribution is 2.18. The second kappa shape index (κ2) is 10.3. The van der Waals surface area contributed by atoms with E-state index in [1.807, 2.05) is 76.2 Å². The summed E-state index contributed by atoms with van der Waals surface area (Å²) in [5, 5.41) is 20.2. The molecule has 0 aliphatic heterocycles. The first-order chi connectivity index (χ1) is 14.1. The van der Waals surface area contributed by atoms with Gasteiger partial charge < -0.3 is 21.1 Å². The van der Waals surface area contributed by atoms with Gasteiger partial charge in [0.1, 0.15) is 5.60 Å². The maximum absolute atomic E-state index is 12.4. The Balaban J connectivity index is 2.06. The quantitative estimate of drug-likeness (QED) is 0.417. The summed E-state index contributed by atoms with van der Waals surface area (Å²) in [6.45, 7) is 11.1. The van der Waals surface area contributed by atoms with E-state index in [1.54, 1.807) is 13.0 Å². The molecular weight excluding hydrogens is 376 g/mol. The summed E-state index contributed by atoms with van der Waals surface area (Å²) in [5.74, 6) is 0.510. The van der Waals surface area contributed by atoms with Gasteiger partial charge in [0.2, 0.25) is 0 Å². The van der Waals surface area contributed by atoms with Gasteiger partial charge in [-0.15, -0.1) is 0 Å². The second-order valence-electron chi connectivity index (χ2n) is 8.59. The molecule has 1 unspecified atom stereocenters. The molecule has 0 heterocycles. The van der Waals surface area contributed by atoms with E-state index in [0.29, 0.717) is 31.2 Å². The molecule has 0 aliphatic rings. The molecule has 30 heavy (non-hydrogen) atoms. The average Bonchev–Trinajstić information content (AvgIpc) is 2.70. The monoisotopic (exact) mass is 410 g/mol. The van der Waals surface area contributed by atoms with E-state index in [2.05, 4.69) is 20.9 Å². The van der Waals surface area contributed by atoms with Crippen molar-refractivity contribution in [1.29, 1.82) is 0 Å². The lowest BCUT2D eigenvalue weighted by Gasteiger charge is -2.25. The summed E-state index contributed by atoms with van der Waals surface area (Å²) >= 11 is 0. The number of carbonyl (C=O) groups is 1. The van der Waals surface area contributed by atoms with Gasteiger partial charge in [-0.2, -0.15) is 0 Å². The molecule has 0 saturated heterocycles. The van der Waals surface area contributed by atoms with E-state index in [1.165, 1.54) is 0 Å². The van der Waals surface area contributed by atoms with Crippen molar-refractivity contribution in [2.24, 2.45) is 4.99 Å². The van der Waals surface area contributed by atoms with Crippen molar-refractivity contribution in [3.8, 4) is 0 Å². The highest BCUT2D eigenvalue weighted by Gasteiger charge is 2.23. The Bertz CT molecular complexity index is 855. The minimum Gasteiger partial charge on any atom is -0.384 e. The second-order valence-corrected chi connectivity index (χ2v) is 8.59. The molecule has 0 fully saturated rings. The Morgan fingerprint density at radius 3 is 2.33 bits per heavy atom. The van der Waals surface area contributed by atoms with Crippen molar-refractivity contribution in [3.05, 3.63) is 71.3 Å². The molecule has 0 bridgehead atoms. The zero-order valence-corrected chi connectivity index (χ0v) is 18.6. The third-order valence-electron chi connectivity index (χ3n) is 4.44. The van der Waals surface area contributed by atoms with Gasteiger partial charge in [-0.3, -0.25) is 4.79 Å². The Kier molecular flexibility index (Phi) is 8.00. The lowest BCUT2D eigenvalue weighted by molar-refractivity contribution is 0.0617. The molecule has 162 valence electrons. The summed E-state index contributed by atoms with van der Waals surface area (Å²) in [7, 11) is 0. The Morgan fingerprint density at radius 2 is 1.70 bits per heavy atom. The number of nitrogens with one attached hydrogen (secondary N) is 3. The van der Waals surface area contributed by atoms with Crippen molar-refractivity contribution in [2.75, 3.05) is 13.1 Å². The van der Waals surface area contributed by atoms with E-state index >= 15 is 0 Å². The highest BCUT2D eigenvalue weighted by atomic mass is 16.3. The van der Waals surface area contributed by atoms with E-state index in [4.69, 9.17) is 0 Å². The molecule has 6 nitrogen and oxygen atoms in total. The van der Waals surface area contributed by atoms with Crippen LogP contribution in [0.1, 0.15) is 56.1 Å². The molecule has 0 aromatic heterocycles. The number of guanidine groups is 1. The third-order valence-corrected chi connectivity index (χ3v) is 4.44. The number of amides is 1. The van der Waals surface area contributed by atoms with Gasteiger partial charge >= 0.3 is 0 Å². The molecule has 2 aromatic carbocycles. The number of hydrogen-bond donors (Lipinski definition) is 4. The zero-order valence-electron chi connectivity index (χ0n) is 18.6. The molecule has 6 heteroatoms. The maximum Gasteiger partial charge on any atom is 0.251 e. The van der Waals surface area contributed by atoms with Crippen LogP contribution in [0.15, 0.2) is 59.6 Å². The largest absolute Gasteiger partial charge is 0.384 e. The maximum atomic E-state index is 12.4. The number of hydrogen-bond acceptors (Lipinski definition) is 3. The zero-order chi connectivity index (χ0) is 22.2. The Morgan fingerprint density at radius 1 is 1.00 bits per heavy atom. The van der Waals surface area contributed by atoms with Crippen LogP contribution in [0.25, 0.3) is 0 Å². The Hall–Kier alpha value is -2.86. The van der Waals surface area contributed by atoms with Gasteiger partial charge in [0, 0.05) is 17.6 Å². The average molecular weight is 411 g/mol. The first-order valence-electron chi connectivity index (χ1n) is 10.3. The van der Waals surface area contributed by atoms with Crippen LogP contribution in [0.5, 0.6) is 0 Å². The van der Waals surface area contributed by atoms with Gasteiger partial charge in [0.05, 0.1) is 13.1 Å². The summed E-state index contributed by atoms with van der Waals surface area (Å²) in [4.78, 5) is 17.0. The lowest BCUT2D eigenvalue weighted by Crippen LogP contribution is -2.44. The van der Waals surface area contributed by atoms with Gasteiger partial charge in [-0.05, 0) is 57.9 Å². The third kappa shape index (κ3) is 7.52. The van der Waals surface area contributed by atoms with Crippen molar-refractivity contribution in [3.63, 3.8) is 0 Å². The number of carbonyl (C=O) groups excluding carboxylic acids is 1. The first-order valence-corrected chi connectivity index (χ1v) is 10.3. The summed E-state index contributed by atoms with van der Waals surface area (Å²) < 4.78 is 0. The number of aliphatic hydroxyl groups is 1. The van der Waals surface area contributed by atoms with Gasteiger partial charge in [-0.1, -0.05) is 42.5 Å². The van der Waals surface area contributed by atoms with Crippen LogP contribution in [-0.4, -0.2) is 35.6 Å². The molecule has 0 spiro atoms. The first kappa shape index (κ1) is 23.4. The van der Waals surface area contributed by atoms with Crippen LogP contribution < -0.4 is 16.0 Å². The molecule has 2 rings (SSSR count). The number of aliphatic imine (C=N–C) groups is 1. The summed E-state index contributed by atoms with van der Waals surface area (Å²) in [5.41, 5.74) is 1.07. The summed E-state index contributed by atoms with van der Waals surface area (Å²) in [6.07, 6.45) is 0. The van der Waals surface area contributed by atoms with Crippen molar-refractivity contribution in [1.82, 2.24) is 16.0 Å². The molecule has 1 atom stereocenters. The fourth-order valence-electron chi connectivity index (χ4n) is 2.89. The van der Waals surface area contributed by atoms with Crippen molar-refractivity contribution >= 4 is 11.9 Å². The molecule has 0 saturated carbocycles. The van der Waals surface area contributed by atoms with Crippen LogP contribution in [0.4, 0.5) is 0 Å². The highest BCUT2D eigenvalue weighted by molar-refractivity contribution is 5.94. The summed E-state index contributed by atoms with van der Waals surface area (Å²) in [6, 6.07) is 17.0. The predicted molar refractivity (Wildman–Crippen MR) is 122 cm³/mol. The normalized spacial score (nSPS) is 14.0. The van der Waals surface area contributed by atoms with Crippen molar-refractivity contribution in [2.45, 2.75) is 52.3 Å². The molecule has 0 aliphatic carbocycles. The smallest absolute Gasteiger partial charge is 0.251 e. The molecule has 1 amide bonds. The molecule has 2 aromatic rings.